The summed E-state index contributed by atoms with van der Waals surface area (Å²) in [6.45, 7) is 0. The molecule has 0 aromatic carbocycles. The molecular weight excluding hydrogens is 168 g/mol. The normalized spacial score (nSPS) is 24.0. The van der Waals surface area contributed by atoms with Crippen LogP contribution in [-0.4, -0.2) is 0 Å². The van der Waals surface area contributed by atoms with Crippen molar-refractivity contribution in [3.8, 4) is 0 Å². The smallest absolute Gasteiger partial charge is 0.0166 e. The first-order valence-electron chi connectivity index (χ1n) is 5.63. The molecular formula is C14H20. The zero-order valence-electron chi connectivity index (χ0n) is 8.86. The van der Waals surface area contributed by atoms with Crippen LogP contribution in [0.4, 0.5) is 0 Å². The molecule has 76 valence electrons. The van der Waals surface area contributed by atoms with Gasteiger partial charge in [0.05, 0.1) is 0 Å². The van der Waals surface area contributed by atoms with Crippen LogP contribution in [0.1, 0.15) is 38.5 Å². The lowest BCUT2D eigenvalue weighted by Crippen LogP contribution is -1.75. The van der Waals surface area contributed by atoms with Gasteiger partial charge in [-0.3, -0.25) is 0 Å². The van der Waals surface area contributed by atoms with Gasteiger partial charge in [0.2, 0.25) is 0 Å². The van der Waals surface area contributed by atoms with Gasteiger partial charge in [-0.1, -0.05) is 55.0 Å². The average Bonchev–Trinajstić information content (AvgIpc) is 2.22. The lowest BCUT2D eigenvalue weighted by molar-refractivity contribution is 0.695. The predicted octanol–water partition coefficient (Wildman–Crippen LogP) is 4.57. The molecule has 1 aliphatic carbocycles. The van der Waals surface area contributed by atoms with E-state index in [2.05, 4.69) is 48.6 Å². The molecule has 0 saturated heterocycles. The highest BCUT2D eigenvalue weighted by Crippen LogP contribution is 2.05. The quantitative estimate of drug-likeness (QED) is 0.489. The molecule has 0 nitrogen and oxygen atoms in total. The van der Waals surface area contributed by atoms with Crippen LogP contribution in [0.2, 0.25) is 0 Å². The number of allylic oxidation sites excluding steroid dienone is 8. The van der Waals surface area contributed by atoms with Crippen molar-refractivity contribution in [2.75, 3.05) is 0 Å². The SMILES string of the molecule is C1=C/C=C\C/C=C\CCCCCC=C1. The number of hydrogen-bond donors (Lipinski definition) is 0. The van der Waals surface area contributed by atoms with E-state index in [1.165, 1.54) is 32.1 Å². The lowest BCUT2D eigenvalue weighted by Gasteiger charge is -1.95. The minimum atomic E-state index is 1.06. The maximum absolute atomic E-state index is 2.30. The Labute approximate surface area is 87.7 Å². The van der Waals surface area contributed by atoms with Gasteiger partial charge < -0.3 is 0 Å². The first-order chi connectivity index (χ1) is 7.00. The summed E-state index contributed by atoms with van der Waals surface area (Å²) in [5, 5.41) is 0. The van der Waals surface area contributed by atoms with Gasteiger partial charge in [-0.2, -0.15) is 0 Å². The lowest BCUT2D eigenvalue weighted by atomic mass is 10.1. The van der Waals surface area contributed by atoms with Crippen molar-refractivity contribution in [3.63, 3.8) is 0 Å². The molecule has 0 heterocycles. The largest absolute Gasteiger partial charge is 0.0882 e. The molecule has 0 saturated carbocycles. The van der Waals surface area contributed by atoms with E-state index in [0.717, 1.165) is 6.42 Å². The van der Waals surface area contributed by atoms with Crippen LogP contribution in [0, 0.1) is 0 Å². The second-order valence-electron chi connectivity index (χ2n) is 3.59. The van der Waals surface area contributed by atoms with E-state index in [1.54, 1.807) is 0 Å². The molecule has 0 N–H and O–H groups in total. The predicted molar refractivity (Wildman–Crippen MR) is 64.3 cm³/mol. The van der Waals surface area contributed by atoms with E-state index in [1.807, 2.05) is 0 Å². The minimum absolute atomic E-state index is 1.06. The topological polar surface area (TPSA) is 0 Å². The first kappa shape index (κ1) is 11.0. The van der Waals surface area contributed by atoms with Gasteiger partial charge in [0, 0.05) is 0 Å². The Morgan fingerprint density at radius 3 is 2.07 bits per heavy atom. The molecule has 0 unspecified atom stereocenters. The fraction of sp³-hybridized carbons (Fsp3) is 0.429. The van der Waals surface area contributed by atoms with E-state index in [9.17, 15) is 0 Å². The summed E-state index contributed by atoms with van der Waals surface area (Å²) in [4.78, 5) is 0. The molecule has 0 spiro atoms. The summed E-state index contributed by atoms with van der Waals surface area (Å²) in [5.41, 5.74) is 0. The fourth-order valence-corrected chi connectivity index (χ4v) is 1.45. The molecule has 0 fully saturated rings. The molecule has 0 aromatic heterocycles. The molecule has 0 bridgehead atoms. The Hall–Kier alpha value is -1.04. The van der Waals surface area contributed by atoms with Crippen LogP contribution < -0.4 is 0 Å². The molecule has 0 aliphatic heterocycles. The second-order valence-corrected chi connectivity index (χ2v) is 3.59. The Morgan fingerprint density at radius 2 is 1.21 bits per heavy atom. The van der Waals surface area contributed by atoms with Crippen LogP contribution in [0.3, 0.4) is 0 Å². The van der Waals surface area contributed by atoms with Gasteiger partial charge >= 0.3 is 0 Å². The minimum Gasteiger partial charge on any atom is -0.0882 e. The fourth-order valence-electron chi connectivity index (χ4n) is 1.45. The van der Waals surface area contributed by atoms with Gasteiger partial charge in [-0.15, -0.1) is 0 Å². The highest BCUT2D eigenvalue weighted by Gasteiger charge is 1.85. The van der Waals surface area contributed by atoms with Crippen LogP contribution in [0.15, 0.2) is 48.6 Å². The van der Waals surface area contributed by atoms with E-state index in [4.69, 9.17) is 0 Å². The first-order valence-corrected chi connectivity index (χ1v) is 5.63. The monoisotopic (exact) mass is 188 g/mol. The Kier molecular flexibility index (Phi) is 6.74. The zero-order chi connectivity index (χ0) is 9.90. The van der Waals surface area contributed by atoms with Crippen LogP contribution in [-0.2, 0) is 0 Å². The van der Waals surface area contributed by atoms with Crippen LogP contribution in [0.5, 0.6) is 0 Å². The Balaban J connectivity index is 2.36. The van der Waals surface area contributed by atoms with Crippen molar-refractivity contribution in [2.24, 2.45) is 0 Å². The summed E-state index contributed by atoms with van der Waals surface area (Å²) in [7, 11) is 0. The van der Waals surface area contributed by atoms with Crippen molar-refractivity contribution in [1.82, 2.24) is 0 Å². The number of rotatable bonds is 0. The van der Waals surface area contributed by atoms with Gasteiger partial charge in [-0.25, -0.2) is 0 Å². The maximum atomic E-state index is 2.30. The van der Waals surface area contributed by atoms with Crippen molar-refractivity contribution >= 4 is 0 Å². The zero-order valence-corrected chi connectivity index (χ0v) is 8.86. The third-order valence-electron chi connectivity index (χ3n) is 2.29. The molecule has 1 aliphatic rings. The Bertz CT molecular complexity index is 228. The molecule has 0 amide bonds. The maximum Gasteiger partial charge on any atom is -0.0166 e. The molecule has 14 heavy (non-hydrogen) atoms. The van der Waals surface area contributed by atoms with Gasteiger partial charge in [-0.05, 0) is 32.1 Å². The third-order valence-corrected chi connectivity index (χ3v) is 2.29. The summed E-state index contributed by atoms with van der Waals surface area (Å²) >= 11 is 0. The van der Waals surface area contributed by atoms with Crippen molar-refractivity contribution in [2.45, 2.75) is 38.5 Å². The number of hydrogen-bond acceptors (Lipinski definition) is 0. The molecule has 1 rings (SSSR count). The van der Waals surface area contributed by atoms with Gasteiger partial charge in [0.1, 0.15) is 0 Å². The molecule has 0 aromatic rings. The standard InChI is InChI=1S/C14H20/c1-2-4-6-8-10-12-14-13-11-9-7-5-3-1/h1-6,9,11H,7-8,10,12-14H2/b2-1?,5-3-,6-4?,11-9-. The highest BCUT2D eigenvalue weighted by atomic mass is 13.9. The van der Waals surface area contributed by atoms with E-state index < -0.39 is 0 Å². The van der Waals surface area contributed by atoms with Crippen molar-refractivity contribution in [1.29, 1.82) is 0 Å². The second kappa shape index (κ2) is 8.55. The third kappa shape index (κ3) is 6.47. The molecule has 0 heteroatoms. The van der Waals surface area contributed by atoms with Crippen molar-refractivity contribution < 1.29 is 0 Å². The Morgan fingerprint density at radius 1 is 0.500 bits per heavy atom. The summed E-state index contributed by atoms with van der Waals surface area (Å²) in [5.74, 6) is 0. The van der Waals surface area contributed by atoms with Crippen LogP contribution in [0.25, 0.3) is 0 Å². The van der Waals surface area contributed by atoms with Crippen LogP contribution >= 0.6 is 0 Å². The molecule has 0 radical (unpaired) electrons. The summed E-state index contributed by atoms with van der Waals surface area (Å²) in [6, 6.07) is 0. The summed E-state index contributed by atoms with van der Waals surface area (Å²) in [6.07, 6.45) is 25.0. The van der Waals surface area contributed by atoms with E-state index in [-0.39, 0.29) is 0 Å². The van der Waals surface area contributed by atoms with Crippen molar-refractivity contribution in [3.05, 3.63) is 48.6 Å². The van der Waals surface area contributed by atoms with Gasteiger partial charge in [0.15, 0.2) is 0 Å². The van der Waals surface area contributed by atoms with E-state index in [0.29, 0.717) is 0 Å². The van der Waals surface area contributed by atoms with Gasteiger partial charge in [0.25, 0.3) is 0 Å². The summed E-state index contributed by atoms with van der Waals surface area (Å²) < 4.78 is 0. The van der Waals surface area contributed by atoms with E-state index >= 15 is 0 Å². The molecule has 0 atom stereocenters. The highest BCUT2D eigenvalue weighted by molar-refractivity contribution is 5.11. The average molecular weight is 188 g/mol.